The van der Waals surface area contributed by atoms with Crippen molar-refractivity contribution in [2.75, 3.05) is 14.2 Å². The normalized spacial score (nSPS) is 10.5. The Labute approximate surface area is 188 Å². The van der Waals surface area contributed by atoms with E-state index in [1.807, 2.05) is 6.07 Å². The number of ether oxygens (including phenoxy) is 3. The van der Waals surface area contributed by atoms with E-state index >= 15 is 0 Å². The summed E-state index contributed by atoms with van der Waals surface area (Å²) in [5.41, 5.74) is 0.637. The first-order valence-electron chi connectivity index (χ1n) is 9.91. The number of halogens is 1. The highest BCUT2D eigenvalue weighted by Crippen LogP contribution is 2.37. The SMILES string of the molecule is COC(=O)c1c(-c2ccc(F)cc2Oc2ccccc2)nn(-c2ccccc2)c1C(=O)OC. The average molecular weight is 446 g/mol. The maximum absolute atomic E-state index is 14.2. The number of hydrogen-bond donors (Lipinski definition) is 0. The minimum atomic E-state index is -0.803. The molecule has 0 aliphatic rings. The van der Waals surface area contributed by atoms with Gasteiger partial charge in [0.25, 0.3) is 0 Å². The third-order valence-corrected chi connectivity index (χ3v) is 4.82. The molecule has 8 heteroatoms. The van der Waals surface area contributed by atoms with Crippen LogP contribution in [0.4, 0.5) is 4.39 Å². The Balaban J connectivity index is 1.99. The van der Waals surface area contributed by atoms with Crippen LogP contribution in [0.1, 0.15) is 20.8 Å². The van der Waals surface area contributed by atoms with Crippen molar-refractivity contribution in [3.63, 3.8) is 0 Å². The number of carbonyl (C=O) groups is 2. The summed E-state index contributed by atoms with van der Waals surface area (Å²) in [5, 5.41) is 4.53. The smallest absolute Gasteiger partial charge is 0.357 e. The fourth-order valence-electron chi connectivity index (χ4n) is 3.33. The second-order valence-corrected chi connectivity index (χ2v) is 6.86. The van der Waals surface area contributed by atoms with E-state index in [1.54, 1.807) is 54.6 Å². The maximum Gasteiger partial charge on any atom is 0.357 e. The first kappa shape index (κ1) is 21.8. The largest absolute Gasteiger partial charge is 0.465 e. The number of para-hydroxylation sites is 2. The van der Waals surface area contributed by atoms with Gasteiger partial charge in [-0.1, -0.05) is 36.4 Å². The molecule has 4 rings (SSSR count). The van der Waals surface area contributed by atoms with Gasteiger partial charge in [-0.3, -0.25) is 0 Å². The third-order valence-electron chi connectivity index (χ3n) is 4.82. The van der Waals surface area contributed by atoms with Crippen molar-refractivity contribution in [3.05, 3.63) is 95.9 Å². The zero-order valence-corrected chi connectivity index (χ0v) is 17.8. The van der Waals surface area contributed by atoms with E-state index in [1.165, 1.54) is 37.1 Å². The predicted octanol–water partition coefficient (Wildman–Crippen LogP) is 5.04. The van der Waals surface area contributed by atoms with Crippen LogP contribution in [0.25, 0.3) is 16.9 Å². The number of benzene rings is 3. The molecular weight excluding hydrogens is 427 g/mol. The molecule has 0 unspecified atom stereocenters. The van der Waals surface area contributed by atoms with Gasteiger partial charge in [-0.2, -0.15) is 5.10 Å². The lowest BCUT2D eigenvalue weighted by atomic mass is 10.0. The summed E-state index contributed by atoms with van der Waals surface area (Å²) in [6, 6.07) is 21.4. The molecule has 4 aromatic rings. The molecule has 0 saturated heterocycles. The molecule has 0 bridgehead atoms. The van der Waals surface area contributed by atoms with Gasteiger partial charge in [0, 0.05) is 11.6 Å². The summed E-state index contributed by atoms with van der Waals surface area (Å²) in [5.74, 6) is -1.56. The molecule has 0 fully saturated rings. The number of esters is 2. The number of carbonyl (C=O) groups excluding carboxylic acids is 2. The Morgan fingerprint density at radius 3 is 2.12 bits per heavy atom. The van der Waals surface area contributed by atoms with Crippen molar-refractivity contribution >= 4 is 11.9 Å². The molecule has 3 aromatic carbocycles. The Bertz CT molecular complexity index is 1300. The summed E-state index contributed by atoms with van der Waals surface area (Å²) < 4.78 is 31.2. The van der Waals surface area contributed by atoms with Crippen molar-refractivity contribution in [3.8, 4) is 28.4 Å². The van der Waals surface area contributed by atoms with Gasteiger partial charge >= 0.3 is 11.9 Å². The molecule has 0 aliphatic heterocycles. The first-order valence-corrected chi connectivity index (χ1v) is 9.91. The Hall–Kier alpha value is -4.46. The minimum absolute atomic E-state index is 0.0806. The summed E-state index contributed by atoms with van der Waals surface area (Å²) in [6.07, 6.45) is 0. The van der Waals surface area contributed by atoms with Crippen molar-refractivity contribution in [2.24, 2.45) is 0 Å². The van der Waals surface area contributed by atoms with Crippen molar-refractivity contribution in [1.82, 2.24) is 9.78 Å². The van der Waals surface area contributed by atoms with Crippen LogP contribution in [0.15, 0.2) is 78.9 Å². The molecule has 33 heavy (non-hydrogen) atoms. The lowest BCUT2D eigenvalue weighted by Gasteiger charge is -2.11. The van der Waals surface area contributed by atoms with Gasteiger partial charge < -0.3 is 14.2 Å². The molecule has 0 spiro atoms. The van der Waals surface area contributed by atoms with Crippen LogP contribution in [0, 0.1) is 5.82 Å². The summed E-state index contributed by atoms with van der Waals surface area (Å²) in [7, 11) is 2.40. The van der Waals surface area contributed by atoms with Gasteiger partial charge in [0.1, 0.15) is 28.6 Å². The van der Waals surface area contributed by atoms with Crippen LogP contribution in [0.3, 0.4) is 0 Å². The molecule has 0 aliphatic carbocycles. The van der Waals surface area contributed by atoms with E-state index < -0.39 is 17.8 Å². The standard InChI is InChI=1S/C25H19FN2O5/c1-31-24(29)21-22(27-28(23(21)25(30)32-2)17-9-5-3-6-10-17)19-14-13-16(26)15-20(19)33-18-11-7-4-8-12-18/h3-15H,1-2H3. The lowest BCUT2D eigenvalue weighted by Crippen LogP contribution is -2.15. The average Bonchev–Trinajstić information content (AvgIpc) is 3.25. The second-order valence-electron chi connectivity index (χ2n) is 6.86. The summed E-state index contributed by atoms with van der Waals surface area (Å²) >= 11 is 0. The quantitative estimate of drug-likeness (QED) is 0.386. The number of rotatable bonds is 6. The van der Waals surface area contributed by atoms with E-state index in [4.69, 9.17) is 14.2 Å². The van der Waals surface area contributed by atoms with Gasteiger partial charge in [0.05, 0.1) is 19.9 Å². The molecule has 0 atom stereocenters. The molecule has 1 aromatic heterocycles. The van der Waals surface area contributed by atoms with Crippen LogP contribution in [-0.4, -0.2) is 35.9 Å². The van der Waals surface area contributed by atoms with E-state index in [-0.39, 0.29) is 22.7 Å². The Kier molecular flexibility index (Phi) is 6.17. The highest BCUT2D eigenvalue weighted by atomic mass is 19.1. The van der Waals surface area contributed by atoms with Gasteiger partial charge in [-0.25, -0.2) is 18.7 Å². The molecule has 166 valence electrons. The highest BCUT2D eigenvalue weighted by Gasteiger charge is 2.32. The molecular formula is C25H19FN2O5. The van der Waals surface area contributed by atoms with E-state index in [0.717, 1.165) is 0 Å². The highest BCUT2D eigenvalue weighted by molar-refractivity contribution is 6.07. The van der Waals surface area contributed by atoms with Crippen molar-refractivity contribution in [2.45, 2.75) is 0 Å². The van der Waals surface area contributed by atoms with Crippen LogP contribution < -0.4 is 4.74 Å². The van der Waals surface area contributed by atoms with Crippen LogP contribution >= 0.6 is 0 Å². The zero-order chi connectivity index (χ0) is 23.4. The monoisotopic (exact) mass is 446 g/mol. The lowest BCUT2D eigenvalue weighted by molar-refractivity contribution is 0.0549. The third kappa shape index (κ3) is 4.31. The molecule has 7 nitrogen and oxygen atoms in total. The zero-order valence-electron chi connectivity index (χ0n) is 17.8. The summed E-state index contributed by atoms with van der Waals surface area (Å²) in [6.45, 7) is 0. The Morgan fingerprint density at radius 2 is 1.48 bits per heavy atom. The minimum Gasteiger partial charge on any atom is -0.465 e. The Morgan fingerprint density at radius 1 is 0.848 bits per heavy atom. The number of hydrogen-bond acceptors (Lipinski definition) is 6. The fraction of sp³-hybridized carbons (Fsp3) is 0.0800. The number of methoxy groups -OCH3 is 2. The molecule has 1 heterocycles. The topological polar surface area (TPSA) is 79.7 Å². The van der Waals surface area contributed by atoms with E-state index in [2.05, 4.69) is 5.10 Å². The van der Waals surface area contributed by atoms with Crippen molar-refractivity contribution < 1.29 is 28.2 Å². The van der Waals surface area contributed by atoms with Gasteiger partial charge in [-0.15, -0.1) is 0 Å². The fourth-order valence-corrected chi connectivity index (χ4v) is 3.33. The number of aromatic nitrogens is 2. The van der Waals surface area contributed by atoms with E-state index in [0.29, 0.717) is 17.0 Å². The van der Waals surface area contributed by atoms with Gasteiger partial charge in [0.2, 0.25) is 0 Å². The molecule has 0 radical (unpaired) electrons. The first-order chi connectivity index (χ1) is 16.0. The molecule has 0 amide bonds. The van der Waals surface area contributed by atoms with Gasteiger partial charge in [0.15, 0.2) is 5.69 Å². The maximum atomic E-state index is 14.2. The van der Waals surface area contributed by atoms with Crippen LogP contribution in [-0.2, 0) is 9.47 Å². The molecule has 0 saturated carbocycles. The molecule has 0 N–H and O–H groups in total. The van der Waals surface area contributed by atoms with Gasteiger partial charge in [-0.05, 0) is 36.4 Å². The van der Waals surface area contributed by atoms with Crippen LogP contribution in [0.2, 0.25) is 0 Å². The van der Waals surface area contributed by atoms with Crippen molar-refractivity contribution in [1.29, 1.82) is 0 Å². The predicted molar refractivity (Wildman–Crippen MR) is 118 cm³/mol. The van der Waals surface area contributed by atoms with Crippen LogP contribution in [0.5, 0.6) is 11.5 Å². The second kappa shape index (κ2) is 9.35. The van der Waals surface area contributed by atoms with E-state index in [9.17, 15) is 14.0 Å². The summed E-state index contributed by atoms with van der Waals surface area (Å²) in [4.78, 5) is 25.6. The number of nitrogens with zero attached hydrogens (tertiary/aromatic N) is 2.